The molecule has 3 aromatic rings. The summed E-state index contributed by atoms with van der Waals surface area (Å²) < 4.78 is 1.66. The molecule has 0 saturated carbocycles. The Hall–Kier alpha value is -2.66. The van der Waals surface area contributed by atoms with Gasteiger partial charge in [-0.25, -0.2) is 4.79 Å². The Bertz CT molecular complexity index is 886. The lowest BCUT2D eigenvalue weighted by Crippen LogP contribution is -2.55. The van der Waals surface area contributed by atoms with Gasteiger partial charge >= 0.3 is 5.97 Å². The average Bonchev–Trinajstić information content (AvgIpc) is 2.86. The van der Waals surface area contributed by atoms with Crippen molar-refractivity contribution in [2.75, 3.05) is 0 Å². The van der Waals surface area contributed by atoms with Crippen molar-refractivity contribution in [1.29, 1.82) is 0 Å². The Morgan fingerprint density at radius 1 is 1.18 bits per heavy atom. The van der Waals surface area contributed by atoms with Crippen molar-refractivity contribution in [1.82, 2.24) is 4.57 Å². The number of nitrogens with zero attached hydrogens (tertiary/aromatic N) is 1. The largest absolute Gasteiger partial charge is 0.477 e. The predicted molar refractivity (Wildman–Crippen MR) is 83.4 cm³/mol. The van der Waals surface area contributed by atoms with Gasteiger partial charge in [0.05, 0.1) is 10.9 Å². The first-order valence-electron chi connectivity index (χ1n) is 6.58. The zero-order valence-corrected chi connectivity index (χ0v) is 12.2. The molecule has 6 heteroatoms. The summed E-state index contributed by atoms with van der Waals surface area (Å²) in [5.41, 5.74) is 2.04. The van der Waals surface area contributed by atoms with Crippen molar-refractivity contribution in [2.45, 2.75) is 6.54 Å². The first kappa shape index (κ1) is 14.3. The van der Waals surface area contributed by atoms with Crippen LogP contribution in [-0.2, 0) is 6.54 Å². The number of nitroso groups, excluding NO2 is 1. The molecule has 0 fully saturated rings. The molecule has 1 heterocycles. The summed E-state index contributed by atoms with van der Waals surface area (Å²) in [7, 11) is 0. The van der Waals surface area contributed by atoms with Crippen LogP contribution >= 0.6 is 11.6 Å². The molecule has 0 aliphatic heterocycles. The lowest BCUT2D eigenvalue weighted by Gasteiger charge is -2.08. The molecule has 0 radical (unpaired) electrons. The van der Waals surface area contributed by atoms with Gasteiger partial charge in [-0.15, -0.1) is 0 Å². The average molecular weight is 316 g/mol. The van der Waals surface area contributed by atoms with Gasteiger partial charge in [0.1, 0.15) is 5.69 Å². The van der Waals surface area contributed by atoms with Crippen LogP contribution in [0.5, 0.6) is 0 Å². The van der Waals surface area contributed by atoms with Crippen LogP contribution in [-0.4, -0.2) is 15.6 Å². The maximum absolute atomic E-state index is 11.5. The van der Waals surface area contributed by atoms with E-state index in [2.05, 4.69) is 0 Å². The molecule has 0 unspecified atom stereocenters. The smallest absolute Gasteiger partial charge is 0.352 e. The van der Waals surface area contributed by atoms with E-state index < -0.39 is 5.97 Å². The van der Waals surface area contributed by atoms with E-state index in [4.69, 9.17) is 11.6 Å². The van der Waals surface area contributed by atoms with Gasteiger partial charge < -0.3 is 9.67 Å². The Labute approximate surface area is 130 Å². The first-order chi connectivity index (χ1) is 10.6. The molecule has 2 N–H and O–H groups in total. The number of rotatable bonds is 4. The van der Waals surface area contributed by atoms with E-state index in [-0.39, 0.29) is 5.69 Å². The molecule has 22 heavy (non-hydrogen) atoms. The van der Waals surface area contributed by atoms with Crippen molar-refractivity contribution in [3.63, 3.8) is 0 Å². The van der Waals surface area contributed by atoms with Crippen LogP contribution in [0.3, 0.4) is 0 Å². The Morgan fingerprint density at radius 3 is 2.64 bits per heavy atom. The topological polar surface area (TPSA) is 73.3 Å². The first-order valence-corrected chi connectivity index (χ1v) is 6.96. The van der Waals surface area contributed by atoms with Crippen molar-refractivity contribution in [3.8, 4) is 0 Å². The van der Waals surface area contributed by atoms with Gasteiger partial charge in [0.25, 0.3) is 5.69 Å². The molecule has 0 saturated heterocycles. The number of benzene rings is 2. The van der Waals surface area contributed by atoms with Gasteiger partial charge in [0.15, 0.2) is 0 Å². The van der Waals surface area contributed by atoms with E-state index in [1.807, 2.05) is 17.3 Å². The summed E-state index contributed by atoms with van der Waals surface area (Å²) in [6.07, 6.45) is 0. The zero-order chi connectivity index (χ0) is 15.7. The minimum atomic E-state index is -1.05. The molecular weight excluding hydrogens is 304 g/mol. The molecule has 0 aliphatic carbocycles. The lowest BCUT2D eigenvalue weighted by molar-refractivity contribution is -0.377. The normalized spacial score (nSPS) is 10.8. The minimum Gasteiger partial charge on any atom is -0.477 e. The van der Waals surface area contributed by atoms with E-state index in [0.29, 0.717) is 28.2 Å². The number of carboxylic acid groups (broad SMARTS) is 1. The third-order valence-electron chi connectivity index (χ3n) is 3.50. The molecule has 5 nitrogen and oxygen atoms in total. The van der Waals surface area contributed by atoms with E-state index >= 15 is 0 Å². The highest BCUT2D eigenvalue weighted by molar-refractivity contribution is 6.30. The van der Waals surface area contributed by atoms with Gasteiger partial charge in [-0.3, -0.25) is 0 Å². The van der Waals surface area contributed by atoms with Gasteiger partial charge in [-0.05, 0) is 29.8 Å². The summed E-state index contributed by atoms with van der Waals surface area (Å²) >= 11 is 5.98. The zero-order valence-electron chi connectivity index (χ0n) is 11.4. The number of hydrogen-bond donors (Lipinski definition) is 2. The number of halogens is 1. The molecule has 1 aromatic heterocycles. The quantitative estimate of drug-likeness (QED) is 0.777. The monoisotopic (exact) mass is 315 g/mol. The fraction of sp³-hybridized carbons (Fsp3) is 0.0625. The molecule has 0 aliphatic rings. The van der Waals surface area contributed by atoms with Crippen LogP contribution < -0.4 is 5.18 Å². The summed E-state index contributed by atoms with van der Waals surface area (Å²) in [4.78, 5) is 22.5. The maximum Gasteiger partial charge on any atom is 0.352 e. The van der Waals surface area contributed by atoms with Crippen LogP contribution in [0.25, 0.3) is 10.9 Å². The molecule has 0 atom stereocenters. The number of hydrogen-bond acceptors (Lipinski definition) is 2. The van der Waals surface area contributed by atoms with Crippen molar-refractivity contribution < 1.29 is 15.1 Å². The van der Waals surface area contributed by atoms with E-state index in [9.17, 15) is 14.8 Å². The van der Waals surface area contributed by atoms with Gasteiger partial charge in [0.2, 0.25) is 0 Å². The van der Waals surface area contributed by atoms with Gasteiger partial charge in [0, 0.05) is 27.7 Å². The van der Waals surface area contributed by atoms with Gasteiger partial charge in [-0.1, -0.05) is 29.8 Å². The second kappa shape index (κ2) is 5.61. The highest BCUT2D eigenvalue weighted by atomic mass is 35.5. The number of carboxylic acids is 1. The highest BCUT2D eigenvalue weighted by Gasteiger charge is 2.19. The molecule has 2 aromatic carbocycles. The molecular formula is C16H12ClN2O3+. The third kappa shape index (κ3) is 2.46. The van der Waals surface area contributed by atoms with Crippen molar-refractivity contribution in [2.24, 2.45) is 0 Å². The maximum atomic E-state index is 11.5. The summed E-state index contributed by atoms with van der Waals surface area (Å²) in [6.45, 7) is 0.355. The number of fused-ring (bicyclic) bond motifs is 1. The fourth-order valence-corrected chi connectivity index (χ4v) is 2.75. The number of aromatic carboxylic acids is 1. The Kier molecular flexibility index (Phi) is 3.65. The van der Waals surface area contributed by atoms with Gasteiger partial charge in [-0.2, -0.15) is 0 Å². The van der Waals surface area contributed by atoms with Crippen LogP contribution in [0.4, 0.5) is 5.69 Å². The summed E-state index contributed by atoms with van der Waals surface area (Å²) in [6, 6.07) is 13.8. The number of aromatic nitrogens is 1. The van der Waals surface area contributed by atoms with Crippen LogP contribution in [0.1, 0.15) is 16.1 Å². The second-order valence-electron chi connectivity index (χ2n) is 4.89. The van der Waals surface area contributed by atoms with Crippen LogP contribution in [0.2, 0.25) is 5.02 Å². The fourth-order valence-electron chi connectivity index (χ4n) is 2.54. The molecule has 0 bridgehead atoms. The molecule has 3 rings (SSSR count). The standard InChI is InChI=1S/C16H11ClN2O3/c17-11-4-1-3-10(7-11)9-19-14-6-2-5-13(18-22)12(14)8-15(19)16(20)21/h1-8H,9H2,(H,20,21)/p+1. The van der Waals surface area contributed by atoms with Crippen LogP contribution in [0, 0.1) is 4.91 Å². The van der Waals surface area contributed by atoms with E-state index in [1.54, 1.807) is 34.9 Å². The molecule has 0 amide bonds. The lowest BCUT2D eigenvalue weighted by atomic mass is 10.2. The predicted octanol–water partition coefficient (Wildman–Crippen LogP) is 2.52. The number of carbonyl (C=O) groups is 1. The van der Waals surface area contributed by atoms with E-state index in [0.717, 1.165) is 5.56 Å². The Balaban J connectivity index is 2.20. The van der Waals surface area contributed by atoms with Crippen molar-refractivity contribution in [3.05, 3.63) is 69.7 Å². The van der Waals surface area contributed by atoms with E-state index in [1.165, 1.54) is 6.07 Å². The van der Waals surface area contributed by atoms with Crippen molar-refractivity contribution >= 4 is 34.2 Å². The summed E-state index contributed by atoms with van der Waals surface area (Å²) in [5.74, 6) is -1.05. The third-order valence-corrected chi connectivity index (χ3v) is 3.74. The SMILES string of the molecule is O=[NH+]c1cccc2c1cc(C(=O)O)n2Cc1cccc(Cl)c1. The van der Waals surface area contributed by atoms with Crippen LogP contribution in [0.15, 0.2) is 48.5 Å². The molecule has 110 valence electrons. The molecule has 0 spiro atoms. The second-order valence-corrected chi connectivity index (χ2v) is 5.33. The summed E-state index contributed by atoms with van der Waals surface area (Å²) in [5, 5.41) is 12.4. The number of nitrogens with one attached hydrogen (secondary N) is 1. The Morgan fingerprint density at radius 2 is 1.95 bits per heavy atom. The highest BCUT2D eigenvalue weighted by Crippen LogP contribution is 2.26. The minimum absolute atomic E-state index is 0.123.